The predicted octanol–water partition coefficient (Wildman–Crippen LogP) is 3.26. The maximum absolute atomic E-state index is 12.7. The molecule has 0 unspecified atom stereocenters. The third-order valence-corrected chi connectivity index (χ3v) is 4.47. The fourth-order valence-electron chi connectivity index (χ4n) is 3.48. The van der Waals surface area contributed by atoms with Gasteiger partial charge in [0.05, 0.1) is 11.5 Å². The largest absolute Gasteiger partial charge is 0.453 e. The van der Waals surface area contributed by atoms with Crippen LogP contribution in [0.2, 0.25) is 0 Å². The predicted molar refractivity (Wildman–Crippen MR) is 77.3 cm³/mol. The Hall–Kier alpha value is -2.42. The Labute approximate surface area is 122 Å². The highest BCUT2D eigenvalue weighted by atomic mass is 16.5. The molecule has 104 valence electrons. The lowest BCUT2D eigenvalue weighted by Gasteiger charge is -2.16. The van der Waals surface area contributed by atoms with Crippen molar-refractivity contribution in [1.29, 1.82) is 0 Å². The van der Waals surface area contributed by atoms with Crippen LogP contribution in [0, 0.1) is 12.8 Å². The van der Waals surface area contributed by atoms with Crippen LogP contribution in [0.15, 0.2) is 42.5 Å². The molecule has 2 aromatic carbocycles. The summed E-state index contributed by atoms with van der Waals surface area (Å²) in [6.07, 6.45) is 0.190. The molecule has 2 aliphatic rings. The number of ketones is 1. The van der Waals surface area contributed by atoms with Gasteiger partial charge in [-0.3, -0.25) is 4.79 Å². The molecule has 0 saturated carbocycles. The summed E-state index contributed by atoms with van der Waals surface area (Å²) in [4.78, 5) is 24.7. The topological polar surface area (TPSA) is 43.4 Å². The molecule has 2 atom stereocenters. The van der Waals surface area contributed by atoms with E-state index in [1.165, 1.54) is 0 Å². The molecule has 3 heteroatoms. The zero-order chi connectivity index (χ0) is 14.6. The lowest BCUT2D eigenvalue weighted by Crippen LogP contribution is -2.19. The maximum Gasteiger partial charge on any atom is 0.339 e. The summed E-state index contributed by atoms with van der Waals surface area (Å²) in [7, 11) is 0. The second kappa shape index (κ2) is 4.29. The van der Waals surface area contributed by atoms with Crippen molar-refractivity contribution in [2.45, 2.75) is 19.4 Å². The molecule has 0 spiro atoms. The Kier molecular flexibility index (Phi) is 2.52. The van der Waals surface area contributed by atoms with Crippen LogP contribution < -0.4 is 0 Å². The van der Waals surface area contributed by atoms with Crippen LogP contribution in [-0.2, 0) is 11.2 Å². The van der Waals surface area contributed by atoms with E-state index in [2.05, 4.69) is 0 Å². The summed E-state index contributed by atoms with van der Waals surface area (Å²) >= 11 is 0. The molecule has 0 amide bonds. The number of carbonyl (C=O) groups is 2. The molecule has 1 heterocycles. The van der Waals surface area contributed by atoms with Crippen molar-refractivity contribution >= 4 is 11.8 Å². The number of aryl methyl sites for hydroxylation is 1. The lowest BCUT2D eigenvalue weighted by atomic mass is 9.91. The van der Waals surface area contributed by atoms with Gasteiger partial charge in [0.2, 0.25) is 0 Å². The van der Waals surface area contributed by atoms with Gasteiger partial charge < -0.3 is 4.74 Å². The van der Waals surface area contributed by atoms with Crippen LogP contribution in [0.4, 0.5) is 0 Å². The summed E-state index contributed by atoms with van der Waals surface area (Å²) in [6, 6.07) is 13.3. The maximum atomic E-state index is 12.7. The van der Waals surface area contributed by atoms with E-state index in [9.17, 15) is 9.59 Å². The third-order valence-electron chi connectivity index (χ3n) is 4.47. The molecular weight excluding hydrogens is 264 g/mol. The Bertz CT molecular complexity index is 776. The van der Waals surface area contributed by atoms with Gasteiger partial charge in [0.15, 0.2) is 5.78 Å². The number of rotatable bonds is 1. The van der Waals surface area contributed by atoms with Crippen molar-refractivity contribution in [2.24, 2.45) is 5.92 Å². The van der Waals surface area contributed by atoms with Crippen LogP contribution in [-0.4, -0.2) is 11.8 Å². The highest BCUT2D eigenvalue weighted by Crippen LogP contribution is 2.42. The minimum Gasteiger partial charge on any atom is -0.453 e. The van der Waals surface area contributed by atoms with Crippen LogP contribution in [0.5, 0.6) is 0 Å². The van der Waals surface area contributed by atoms with Crippen LogP contribution in [0.1, 0.15) is 43.5 Å². The number of fused-ring (bicyclic) bond motifs is 2. The number of cyclic esters (lactones) is 1. The highest BCUT2D eigenvalue weighted by Gasteiger charge is 2.44. The van der Waals surface area contributed by atoms with E-state index < -0.39 is 6.10 Å². The van der Waals surface area contributed by atoms with E-state index in [1.54, 1.807) is 6.07 Å². The Morgan fingerprint density at radius 3 is 2.67 bits per heavy atom. The first kappa shape index (κ1) is 12.3. The van der Waals surface area contributed by atoms with Gasteiger partial charge in [-0.1, -0.05) is 36.4 Å². The number of ether oxygens (including phenoxy) is 1. The Balaban J connectivity index is 1.77. The van der Waals surface area contributed by atoms with Crippen LogP contribution in [0.3, 0.4) is 0 Å². The Morgan fingerprint density at radius 1 is 1.05 bits per heavy atom. The summed E-state index contributed by atoms with van der Waals surface area (Å²) < 4.78 is 5.50. The number of esters is 1. The molecule has 1 aliphatic carbocycles. The summed E-state index contributed by atoms with van der Waals surface area (Å²) in [5.74, 6) is -0.526. The number of hydrogen-bond donors (Lipinski definition) is 0. The van der Waals surface area contributed by atoms with E-state index in [0.717, 1.165) is 22.3 Å². The standard InChI is InChI=1S/C18H14O3/c1-10-5-4-6-11-9-14(16(19)15(10)11)17-12-7-2-3-8-13(12)18(20)21-17/h2-8,14,17H,9H2,1H3/t14-,17-/m0/s1. The van der Waals surface area contributed by atoms with Crippen molar-refractivity contribution in [3.63, 3.8) is 0 Å². The summed E-state index contributed by atoms with van der Waals surface area (Å²) in [5.41, 5.74) is 4.29. The van der Waals surface area contributed by atoms with Crippen molar-refractivity contribution < 1.29 is 14.3 Å². The normalized spacial score (nSPS) is 22.9. The summed E-state index contributed by atoms with van der Waals surface area (Å²) in [6.45, 7) is 1.95. The van der Waals surface area contributed by atoms with Gasteiger partial charge in [0.25, 0.3) is 0 Å². The zero-order valence-corrected chi connectivity index (χ0v) is 11.6. The molecule has 1 aliphatic heterocycles. The minimum atomic E-state index is -0.451. The molecule has 21 heavy (non-hydrogen) atoms. The molecule has 0 radical (unpaired) electrons. The van der Waals surface area contributed by atoms with Crippen LogP contribution in [0.25, 0.3) is 0 Å². The summed E-state index contributed by atoms with van der Waals surface area (Å²) in [5, 5.41) is 0. The average molecular weight is 278 g/mol. The SMILES string of the molecule is Cc1cccc2c1C(=O)[C@@H]([C@H]1OC(=O)c3ccccc31)C2. The molecule has 2 aromatic rings. The first-order chi connectivity index (χ1) is 10.2. The zero-order valence-electron chi connectivity index (χ0n) is 11.6. The molecule has 0 N–H and O–H groups in total. The molecule has 3 nitrogen and oxygen atoms in total. The number of Topliss-reactive ketones (excluding diaryl/α,β-unsaturated/α-hetero) is 1. The fourth-order valence-corrected chi connectivity index (χ4v) is 3.48. The monoisotopic (exact) mass is 278 g/mol. The smallest absolute Gasteiger partial charge is 0.339 e. The van der Waals surface area contributed by atoms with Crippen molar-refractivity contribution in [3.05, 3.63) is 70.3 Å². The van der Waals surface area contributed by atoms with Gasteiger partial charge >= 0.3 is 5.97 Å². The number of hydrogen-bond acceptors (Lipinski definition) is 3. The second-order valence-electron chi connectivity index (χ2n) is 5.70. The highest BCUT2D eigenvalue weighted by molar-refractivity contribution is 6.05. The van der Waals surface area contributed by atoms with Gasteiger partial charge in [-0.2, -0.15) is 0 Å². The lowest BCUT2D eigenvalue weighted by molar-refractivity contribution is 0.0252. The van der Waals surface area contributed by atoms with Gasteiger partial charge in [-0.05, 0) is 30.5 Å². The van der Waals surface area contributed by atoms with Gasteiger partial charge in [-0.25, -0.2) is 4.79 Å². The second-order valence-corrected chi connectivity index (χ2v) is 5.70. The quantitative estimate of drug-likeness (QED) is 0.752. The first-order valence-corrected chi connectivity index (χ1v) is 7.09. The minimum absolute atomic E-state index is 0.0950. The molecule has 0 aromatic heterocycles. The van der Waals surface area contributed by atoms with E-state index in [-0.39, 0.29) is 17.7 Å². The number of benzene rings is 2. The van der Waals surface area contributed by atoms with Crippen molar-refractivity contribution in [1.82, 2.24) is 0 Å². The van der Waals surface area contributed by atoms with Crippen molar-refractivity contribution in [2.75, 3.05) is 0 Å². The number of carbonyl (C=O) groups excluding carboxylic acids is 2. The third kappa shape index (κ3) is 1.67. The molecule has 0 bridgehead atoms. The first-order valence-electron chi connectivity index (χ1n) is 7.09. The molecular formula is C18H14O3. The fraction of sp³-hybridized carbons (Fsp3) is 0.222. The average Bonchev–Trinajstić information content (AvgIpc) is 2.99. The van der Waals surface area contributed by atoms with E-state index >= 15 is 0 Å². The van der Waals surface area contributed by atoms with Crippen LogP contribution >= 0.6 is 0 Å². The van der Waals surface area contributed by atoms with Crippen molar-refractivity contribution in [3.8, 4) is 0 Å². The van der Waals surface area contributed by atoms with E-state index in [1.807, 2.05) is 43.3 Å². The Morgan fingerprint density at radius 2 is 1.86 bits per heavy atom. The molecule has 0 fully saturated rings. The molecule has 4 rings (SSSR count). The van der Waals surface area contributed by atoms with E-state index in [0.29, 0.717) is 12.0 Å². The van der Waals surface area contributed by atoms with E-state index in [4.69, 9.17) is 4.74 Å². The molecule has 0 saturated heterocycles. The van der Waals surface area contributed by atoms with Gasteiger partial charge in [0.1, 0.15) is 6.10 Å². The van der Waals surface area contributed by atoms with Gasteiger partial charge in [-0.15, -0.1) is 0 Å². The van der Waals surface area contributed by atoms with Gasteiger partial charge in [0, 0.05) is 11.1 Å².